The minimum atomic E-state index is 0.0481. The highest BCUT2D eigenvalue weighted by atomic mass is 79.9. The van der Waals surface area contributed by atoms with Crippen LogP contribution < -0.4 is 15.2 Å². The number of ether oxygens (including phenoxy) is 2. The van der Waals surface area contributed by atoms with Crippen LogP contribution in [0.1, 0.15) is 12.5 Å². The molecule has 2 rings (SSSR count). The Balaban J connectivity index is 2.32. The van der Waals surface area contributed by atoms with Crippen LogP contribution in [0.4, 0.5) is 0 Å². The van der Waals surface area contributed by atoms with Crippen molar-refractivity contribution in [2.45, 2.75) is 13.0 Å². The molecule has 0 spiro atoms. The van der Waals surface area contributed by atoms with Crippen LogP contribution in [-0.4, -0.2) is 19.3 Å². The summed E-state index contributed by atoms with van der Waals surface area (Å²) in [6.07, 6.45) is 3.92. The van der Waals surface area contributed by atoms with Gasteiger partial charge < -0.3 is 15.2 Å². The smallest absolute Gasteiger partial charge is 0.175 e. The highest BCUT2D eigenvalue weighted by Gasteiger charge is 2.15. The number of nitrogens with two attached hydrogens (primary N) is 1. The highest BCUT2D eigenvalue weighted by Crippen LogP contribution is 2.38. The molecule has 1 aromatic carbocycles. The predicted octanol–water partition coefficient (Wildman–Crippen LogP) is 2.58. The number of hydrogen-bond donors (Lipinski definition) is 1. The first-order valence-electron chi connectivity index (χ1n) is 5.20. The van der Waals surface area contributed by atoms with Gasteiger partial charge in [-0.1, -0.05) is 12.2 Å². The minimum Gasteiger partial charge on any atom is -0.486 e. The predicted molar refractivity (Wildman–Crippen MR) is 67.8 cm³/mol. The zero-order chi connectivity index (χ0) is 11.5. The van der Waals surface area contributed by atoms with E-state index in [1.54, 1.807) is 0 Å². The summed E-state index contributed by atoms with van der Waals surface area (Å²) in [4.78, 5) is 0. The lowest BCUT2D eigenvalue weighted by atomic mass is 10.1. The SMILES string of the molecule is CC(N)/C=C/c1cc(Br)c2c(c1)OCCO2. The van der Waals surface area contributed by atoms with E-state index in [4.69, 9.17) is 15.2 Å². The van der Waals surface area contributed by atoms with Gasteiger partial charge in [-0.15, -0.1) is 0 Å². The van der Waals surface area contributed by atoms with E-state index < -0.39 is 0 Å². The van der Waals surface area contributed by atoms with Crippen molar-refractivity contribution in [3.8, 4) is 11.5 Å². The molecule has 0 fully saturated rings. The summed E-state index contributed by atoms with van der Waals surface area (Å²) < 4.78 is 12.0. The van der Waals surface area contributed by atoms with E-state index in [-0.39, 0.29) is 6.04 Å². The van der Waals surface area contributed by atoms with Gasteiger partial charge in [0.2, 0.25) is 0 Å². The summed E-state index contributed by atoms with van der Waals surface area (Å²) in [5.74, 6) is 1.56. The molecule has 16 heavy (non-hydrogen) atoms. The fourth-order valence-corrected chi connectivity index (χ4v) is 2.06. The van der Waals surface area contributed by atoms with E-state index in [2.05, 4.69) is 15.9 Å². The fourth-order valence-electron chi connectivity index (χ4n) is 1.49. The molecule has 1 aromatic rings. The molecular weight excluding hydrogens is 270 g/mol. The molecule has 1 aliphatic rings. The monoisotopic (exact) mass is 283 g/mol. The lowest BCUT2D eigenvalue weighted by Crippen LogP contribution is -2.15. The molecule has 1 heterocycles. The first-order valence-corrected chi connectivity index (χ1v) is 5.99. The summed E-state index contributed by atoms with van der Waals surface area (Å²) in [7, 11) is 0. The molecule has 0 amide bonds. The van der Waals surface area contributed by atoms with Crippen LogP contribution in [0.15, 0.2) is 22.7 Å². The average molecular weight is 284 g/mol. The molecule has 1 atom stereocenters. The first-order chi connectivity index (χ1) is 7.66. The number of halogens is 1. The van der Waals surface area contributed by atoms with Crippen LogP contribution in [0.25, 0.3) is 6.08 Å². The van der Waals surface area contributed by atoms with Crippen molar-refractivity contribution in [2.75, 3.05) is 13.2 Å². The van der Waals surface area contributed by atoms with Crippen molar-refractivity contribution in [1.82, 2.24) is 0 Å². The first kappa shape index (κ1) is 11.5. The van der Waals surface area contributed by atoms with E-state index in [0.717, 1.165) is 21.5 Å². The van der Waals surface area contributed by atoms with Gasteiger partial charge in [0.25, 0.3) is 0 Å². The lowest BCUT2D eigenvalue weighted by molar-refractivity contribution is 0.170. The molecule has 0 aliphatic carbocycles. The van der Waals surface area contributed by atoms with Gasteiger partial charge in [-0.25, -0.2) is 0 Å². The molecule has 0 saturated heterocycles. The van der Waals surface area contributed by atoms with Crippen LogP contribution in [0.2, 0.25) is 0 Å². The maximum Gasteiger partial charge on any atom is 0.175 e. The molecule has 2 N–H and O–H groups in total. The second-order valence-electron chi connectivity index (χ2n) is 3.75. The zero-order valence-corrected chi connectivity index (χ0v) is 10.7. The molecule has 4 heteroatoms. The molecule has 0 saturated carbocycles. The standard InChI is InChI=1S/C12H14BrNO2/c1-8(14)2-3-9-6-10(13)12-11(7-9)15-4-5-16-12/h2-3,6-8H,4-5,14H2,1H3/b3-2+. The Morgan fingerprint density at radius 1 is 1.38 bits per heavy atom. The fraction of sp³-hybridized carbons (Fsp3) is 0.333. The quantitative estimate of drug-likeness (QED) is 0.907. The summed E-state index contributed by atoms with van der Waals surface area (Å²) in [5, 5.41) is 0. The molecule has 0 radical (unpaired) electrons. The van der Waals surface area contributed by atoms with E-state index in [1.807, 2.05) is 31.2 Å². The zero-order valence-electron chi connectivity index (χ0n) is 9.07. The molecule has 0 aromatic heterocycles. The third-order valence-corrected chi connectivity index (χ3v) is 2.80. The second kappa shape index (κ2) is 4.89. The lowest BCUT2D eigenvalue weighted by Gasteiger charge is -2.19. The minimum absolute atomic E-state index is 0.0481. The van der Waals surface area contributed by atoms with E-state index in [0.29, 0.717) is 13.2 Å². The Hall–Kier alpha value is -1.00. The highest BCUT2D eigenvalue weighted by molar-refractivity contribution is 9.10. The summed E-state index contributed by atoms with van der Waals surface area (Å²) in [6.45, 7) is 3.13. The van der Waals surface area contributed by atoms with Gasteiger partial charge in [-0.2, -0.15) is 0 Å². The maximum absolute atomic E-state index is 5.66. The summed E-state index contributed by atoms with van der Waals surface area (Å²) in [5.41, 5.74) is 6.71. The second-order valence-corrected chi connectivity index (χ2v) is 4.60. The molecule has 1 unspecified atom stereocenters. The van der Waals surface area contributed by atoms with Crippen LogP contribution in [0.5, 0.6) is 11.5 Å². The Bertz CT molecular complexity index is 416. The summed E-state index contributed by atoms with van der Waals surface area (Å²) in [6, 6.07) is 4.00. The van der Waals surface area contributed by atoms with Crippen molar-refractivity contribution >= 4 is 22.0 Å². The van der Waals surface area contributed by atoms with Crippen molar-refractivity contribution in [3.05, 3.63) is 28.2 Å². The van der Waals surface area contributed by atoms with Gasteiger partial charge >= 0.3 is 0 Å². The molecule has 0 bridgehead atoms. The molecule has 3 nitrogen and oxygen atoms in total. The topological polar surface area (TPSA) is 44.5 Å². The molecular formula is C12H14BrNO2. The van der Waals surface area contributed by atoms with Crippen LogP contribution in [-0.2, 0) is 0 Å². The van der Waals surface area contributed by atoms with Crippen LogP contribution in [0.3, 0.4) is 0 Å². The number of fused-ring (bicyclic) bond motifs is 1. The average Bonchev–Trinajstić information content (AvgIpc) is 2.26. The maximum atomic E-state index is 5.66. The van der Waals surface area contributed by atoms with Crippen molar-refractivity contribution in [2.24, 2.45) is 5.73 Å². The Labute approximate surface area is 103 Å². The number of benzene rings is 1. The molecule has 86 valence electrons. The van der Waals surface area contributed by atoms with E-state index in [9.17, 15) is 0 Å². The van der Waals surface area contributed by atoms with Crippen LogP contribution in [0, 0.1) is 0 Å². The Morgan fingerprint density at radius 3 is 2.88 bits per heavy atom. The van der Waals surface area contributed by atoms with Gasteiger partial charge in [-0.05, 0) is 40.5 Å². The van der Waals surface area contributed by atoms with Gasteiger partial charge in [0.1, 0.15) is 13.2 Å². The van der Waals surface area contributed by atoms with Gasteiger partial charge in [0.15, 0.2) is 11.5 Å². The number of hydrogen-bond acceptors (Lipinski definition) is 3. The van der Waals surface area contributed by atoms with Crippen molar-refractivity contribution in [3.63, 3.8) is 0 Å². The van der Waals surface area contributed by atoms with Gasteiger partial charge in [0, 0.05) is 6.04 Å². The van der Waals surface area contributed by atoms with E-state index >= 15 is 0 Å². The largest absolute Gasteiger partial charge is 0.486 e. The van der Waals surface area contributed by atoms with E-state index in [1.165, 1.54) is 0 Å². The Morgan fingerprint density at radius 2 is 2.12 bits per heavy atom. The normalized spacial score (nSPS) is 16.4. The third kappa shape index (κ3) is 2.57. The number of rotatable bonds is 2. The third-order valence-electron chi connectivity index (χ3n) is 2.21. The van der Waals surface area contributed by atoms with Crippen molar-refractivity contribution in [1.29, 1.82) is 0 Å². The van der Waals surface area contributed by atoms with Crippen LogP contribution >= 0.6 is 15.9 Å². The van der Waals surface area contributed by atoms with Crippen molar-refractivity contribution < 1.29 is 9.47 Å². The molecule has 1 aliphatic heterocycles. The Kier molecular flexibility index (Phi) is 3.51. The van der Waals surface area contributed by atoms with Gasteiger partial charge in [-0.3, -0.25) is 0 Å². The van der Waals surface area contributed by atoms with Gasteiger partial charge in [0.05, 0.1) is 4.47 Å². The summed E-state index contributed by atoms with van der Waals surface area (Å²) >= 11 is 3.47.